The third-order valence-corrected chi connectivity index (χ3v) is 6.29. The van der Waals surface area contributed by atoms with Gasteiger partial charge in [0.1, 0.15) is 17.0 Å². The van der Waals surface area contributed by atoms with Crippen LogP contribution in [-0.2, 0) is 6.54 Å². The number of rotatable bonds is 6. The van der Waals surface area contributed by atoms with Crippen molar-refractivity contribution in [2.24, 2.45) is 0 Å². The van der Waals surface area contributed by atoms with Crippen LogP contribution in [-0.4, -0.2) is 15.9 Å². The second-order valence-electron chi connectivity index (χ2n) is 7.24. The Bertz CT molecular complexity index is 1410. The van der Waals surface area contributed by atoms with E-state index in [-0.39, 0.29) is 12.5 Å². The summed E-state index contributed by atoms with van der Waals surface area (Å²) in [4.78, 5) is 24.4. The molecule has 0 saturated carbocycles. The molecule has 5 rings (SSSR count). The summed E-state index contributed by atoms with van der Waals surface area (Å²) in [6.45, 7) is 0.279. The highest BCUT2D eigenvalue weighted by molar-refractivity contribution is 7.22. The molecule has 7 heteroatoms. The first-order valence-corrected chi connectivity index (χ1v) is 11.5. The average molecular weight is 472 g/mol. The van der Waals surface area contributed by atoms with Gasteiger partial charge in [-0.1, -0.05) is 59.3 Å². The van der Waals surface area contributed by atoms with E-state index in [0.717, 1.165) is 10.4 Å². The van der Waals surface area contributed by atoms with E-state index in [1.165, 1.54) is 11.3 Å². The number of benzene rings is 3. The minimum absolute atomic E-state index is 0.200. The van der Waals surface area contributed by atoms with Crippen LogP contribution in [0.25, 0.3) is 10.2 Å². The van der Waals surface area contributed by atoms with Gasteiger partial charge in [0.25, 0.3) is 5.91 Å². The molecule has 0 N–H and O–H groups in total. The fourth-order valence-electron chi connectivity index (χ4n) is 3.37. The summed E-state index contributed by atoms with van der Waals surface area (Å²) >= 11 is 7.76. The second-order valence-corrected chi connectivity index (χ2v) is 8.65. The number of hydrogen-bond acceptors (Lipinski definition) is 5. The Balaban J connectivity index is 1.51. The van der Waals surface area contributed by atoms with Gasteiger partial charge in [0.05, 0.1) is 22.0 Å². The maximum Gasteiger partial charge on any atom is 0.260 e. The Morgan fingerprint density at radius 3 is 2.48 bits per heavy atom. The summed E-state index contributed by atoms with van der Waals surface area (Å²) in [7, 11) is 0. The van der Waals surface area contributed by atoms with Crippen molar-refractivity contribution in [3.63, 3.8) is 0 Å². The van der Waals surface area contributed by atoms with Gasteiger partial charge in [-0.3, -0.25) is 14.7 Å². The average Bonchev–Trinajstić information content (AvgIpc) is 3.29. The quantitative estimate of drug-likeness (QED) is 0.268. The van der Waals surface area contributed by atoms with E-state index in [1.54, 1.807) is 35.4 Å². The normalized spacial score (nSPS) is 10.8. The topological polar surface area (TPSA) is 55.3 Å². The summed E-state index contributed by atoms with van der Waals surface area (Å²) in [5.41, 5.74) is 1.93. The molecule has 0 bridgehead atoms. The van der Waals surface area contributed by atoms with Gasteiger partial charge in [0, 0.05) is 11.8 Å². The molecule has 0 fully saturated rings. The minimum atomic E-state index is -0.200. The van der Waals surface area contributed by atoms with Crippen molar-refractivity contribution in [3.8, 4) is 11.5 Å². The van der Waals surface area contributed by atoms with Crippen LogP contribution < -0.4 is 9.64 Å². The van der Waals surface area contributed by atoms with Crippen molar-refractivity contribution in [1.82, 2.24) is 9.97 Å². The molecule has 1 amide bonds. The van der Waals surface area contributed by atoms with Gasteiger partial charge < -0.3 is 4.74 Å². The van der Waals surface area contributed by atoms with Crippen LogP contribution in [0.2, 0.25) is 5.02 Å². The number of para-hydroxylation sites is 2. The summed E-state index contributed by atoms with van der Waals surface area (Å²) in [6.07, 6.45) is 1.71. The Morgan fingerprint density at radius 1 is 0.909 bits per heavy atom. The number of amides is 1. The van der Waals surface area contributed by atoms with Crippen molar-refractivity contribution in [2.45, 2.75) is 6.54 Å². The molecule has 0 atom stereocenters. The fraction of sp³-hybridized carbons (Fsp3) is 0.0385. The number of thiazole rings is 1. The molecule has 2 heterocycles. The summed E-state index contributed by atoms with van der Waals surface area (Å²) in [5.74, 6) is 1.08. The predicted molar refractivity (Wildman–Crippen MR) is 132 cm³/mol. The molecule has 0 radical (unpaired) electrons. The number of aromatic nitrogens is 2. The Morgan fingerprint density at radius 2 is 1.70 bits per heavy atom. The maximum atomic E-state index is 13.7. The molecular weight excluding hydrogens is 454 g/mol. The summed E-state index contributed by atoms with van der Waals surface area (Å²) < 4.78 is 6.84. The molecule has 162 valence electrons. The van der Waals surface area contributed by atoms with Crippen LogP contribution in [0.5, 0.6) is 11.5 Å². The number of pyridine rings is 1. The molecule has 5 aromatic rings. The third kappa shape index (κ3) is 4.72. The molecule has 0 aliphatic heterocycles. The summed E-state index contributed by atoms with van der Waals surface area (Å²) in [6, 6.07) is 27.8. The number of carbonyl (C=O) groups excluding carboxylic acids is 1. The SMILES string of the molecule is O=C(c1cccc(Oc2ccccc2)c1)N(Cc1ccccn1)c1nc2c(Cl)cccc2s1. The fourth-order valence-corrected chi connectivity index (χ4v) is 4.63. The lowest BCUT2D eigenvalue weighted by Crippen LogP contribution is -2.30. The van der Waals surface area contributed by atoms with E-state index in [2.05, 4.69) is 9.97 Å². The van der Waals surface area contributed by atoms with Gasteiger partial charge >= 0.3 is 0 Å². The van der Waals surface area contributed by atoms with Crippen molar-refractivity contribution in [1.29, 1.82) is 0 Å². The number of ether oxygens (including phenoxy) is 1. The number of carbonyl (C=O) groups is 1. The molecule has 33 heavy (non-hydrogen) atoms. The number of fused-ring (bicyclic) bond motifs is 1. The summed E-state index contributed by atoms with van der Waals surface area (Å²) in [5, 5.41) is 1.11. The first-order chi connectivity index (χ1) is 16.2. The monoisotopic (exact) mass is 471 g/mol. The number of nitrogens with zero attached hydrogens (tertiary/aromatic N) is 3. The van der Waals surface area contributed by atoms with Crippen molar-refractivity contribution >= 4 is 44.2 Å². The predicted octanol–water partition coefficient (Wildman–Crippen LogP) is 6.98. The number of halogens is 1. The highest BCUT2D eigenvalue weighted by Crippen LogP contribution is 2.34. The first kappa shape index (κ1) is 21.1. The van der Waals surface area contributed by atoms with Crippen LogP contribution in [0.15, 0.2) is 97.2 Å². The zero-order valence-corrected chi connectivity index (χ0v) is 19.0. The standard InChI is InChI=1S/C26H18ClN3O2S/c27-22-13-7-14-23-24(22)29-26(33-23)30(17-19-9-4-5-15-28-19)25(31)18-8-6-12-21(16-18)32-20-10-2-1-3-11-20/h1-16H,17H2. The van der Waals surface area contributed by atoms with Crippen LogP contribution >= 0.6 is 22.9 Å². The van der Waals surface area contributed by atoms with Crippen molar-refractivity contribution < 1.29 is 9.53 Å². The lowest BCUT2D eigenvalue weighted by Gasteiger charge is -2.20. The van der Waals surface area contributed by atoms with Crippen LogP contribution in [0.4, 0.5) is 5.13 Å². The zero-order valence-electron chi connectivity index (χ0n) is 17.4. The van der Waals surface area contributed by atoms with Gasteiger partial charge in [-0.2, -0.15) is 0 Å². The van der Waals surface area contributed by atoms with Crippen LogP contribution in [0.3, 0.4) is 0 Å². The third-order valence-electron chi connectivity index (χ3n) is 4.94. The molecule has 3 aromatic carbocycles. The Kier molecular flexibility index (Phi) is 6.02. The van der Waals surface area contributed by atoms with E-state index < -0.39 is 0 Å². The lowest BCUT2D eigenvalue weighted by molar-refractivity contribution is 0.0984. The van der Waals surface area contributed by atoms with Crippen LogP contribution in [0, 0.1) is 0 Å². The minimum Gasteiger partial charge on any atom is -0.457 e. The highest BCUT2D eigenvalue weighted by atomic mass is 35.5. The van der Waals surface area contributed by atoms with E-state index in [9.17, 15) is 4.79 Å². The second kappa shape index (κ2) is 9.40. The molecule has 0 aliphatic rings. The van der Waals surface area contributed by atoms with E-state index in [0.29, 0.717) is 32.7 Å². The largest absolute Gasteiger partial charge is 0.457 e. The van der Waals surface area contributed by atoms with Crippen molar-refractivity contribution in [3.05, 3.63) is 113 Å². The van der Waals surface area contributed by atoms with Gasteiger partial charge in [-0.15, -0.1) is 0 Å². The van der Waals surface area contributed by atoms with Crippen molar-refractivity contribution in [2.75, 3.05) is 4.90 Å². The van der Waals surface area contributed by atoms with Gasteiger partial charge in [0.2, 0.25) is 0 Å². The van der Waals surface area contributed by atoms with Crippen LogP contribution in [0.1, 0.15) is 16.1 Å². The molecule has 0 spiro atoms. The molecular formula is C26H18ClN3O2S. The van der Waals surface area contributed by atoms with E-state index in [1.807, 2.05) is 66.7 Å². The molecule has 0 unspecified atom stereocenters. The van der Waals surface area contributed by atoms with Gasteiger partial charge in [0.15, 0.2) is 5.13 Å². The molecule has 2 aromatic heterocycles. The smallest absolute Gasteiger partial charge is 0.260 e. The number of anilines is 1. The first-order valence-electron chi connectivity index (χ1n) is 10.3. The van der Waals surface area contributed by atoms with E-state index >= 15 is 0 Å². The Hall–Kier alpha value is -3.74. The van der Waals surface area contributed by atoms with Gasteiger partial charge in [-0.25, -0.2) is 4.98 Å². The maximum absolute atomic E-state index is 13.7. The number of hydrogen-bond donors (Lipinski definition) is 0. The zero-order chi connectivity index (χ0) is 22.6. The Labute approximate surface area is 199 Å². The molecule has 0 saturated heterocycles. The lowest BCUT2D eigenvalue weighted by atomic mass is 10.2. The molecule has 0 aliphatic carbocycles. The van der Waals surface area contributed by atoms with E-state index in [4.69, 9.17) is 16.3 Å². The highest BCUT2D eigenvalue weighted by Gasteiger charge is 2.23. The molecule has 5 nitrogen and oxygen atoms in total. The van der Waals surface area contributed by atoms with Gasteiger partial charge in [-0.05, 0) is 54.6 Å².